The SMILES string of the molecule is CCCc1ccnc([N+](=O)[O-])c1. The molecule has 0 radical (unpaired) electrons. The Hall–Kier alpha value is -1.45. The number of hydrogen-bond donors (Lipinski definition) is 0. The van der Waals surface area contributed by atoms with Gasteiger partial charge in [0.1, 0.15) is 6.20 Å². The molecular weight excluding hydrogens is 156 g/mol. The predicted octanol–water partition coefficient (Wildman–Crippen LogP) is 1.94. The minimum atomic E-state index is -0.473. The second-order valence-corrected chi connectivity index (χ2v) is 2.53. The van der Waals surface area contributed by atoms with Crippen LogP contribution >= 0.6 is 0 Å². The lowest BCUT2D eigenvalue weighted by atomic mass is 10.1. The Bertz CT molecular complexity index is 286. The Labute approximate surface area is 70.4 Å². The van der Waals surface area contributed by atoms with Crippen molar-refractivity contribution in [1.29, 1.82) is 0 Å². The van der Waals surface area contributed by atoms with E-state index in [9.17, 15) is 10.1 Å². The van der Waals surface area contributed by atoms with Gasteiger partial charge in [-0.15, -0.1) is 0 Å². The van der Waals surface area contributed by atoms with Gasteiger partial charge in [-0.3, -0.25) is 0 Å². The molecule has 0 aliphatic carbocycles. The maximum atomic E-state index is 10.3. The van der Waals surface area contributed by atoms with Gasteiger partial charge in [0.2, 0.25) is 0 Å². The maximum absolute atomic E-state index is 10.3. The van der Waals surface area contributed by atoms with Crippen molar-refractivity contribution in [2.75, 3.05) is 0 Å². The molecule has 64 valence electrons. The zero-order valence-corrected chi connectivity index (χ0v) is 6.86. The largest absolute Gasteiger partial charge is 0.363 e. The maximum Gasteiger partial charge on any atom is 0.363 e. The molecule has 1 rings (SSSR count). The molecule has 1 aromatic heterocycles. The van der Waals surface area contributed by atoms with Gasteiger partial charge in [-0.05, 0) is 28.0 Å². The second-order valence-electron chi connectivity index (χ2n) is 2.53. The molecule has 1 aromatic rings. The number of nitrogens with zero attached hydrogens (tertiary/aromatic N) is 2. The Balaban J connectivity index is 2.88. The van der Waals surface area contributed by atoms with Crippen LogP contribution in [0.3, 0.4) is 0 Å². The topological polar surface area (TPSA) is 56.0 Å². The first kappa shape index (κ1) is 8.64. The molecule has 0 spiro atoms. The lowest BCUT2D eigenvalue weighted by molar-refractivity contribution is -0.389. The molecule has 0 atom stereocenters. The molecule has 0 N–H and O–H groups in total. The summed E-state index contributed by atoms with van der Waals surface area (Å²) in [6.07, 6.45) is 3.33. The second kappa shape index (κ2) is 3.80. The molecular formula is C8H10N2O2. The van der Waals surface area contributed by atoms with E-state index >= 15 is 0 Å². The van der Waals surface area contributed by atoms with Crippen molar-refractivity contribution in [1.82, 2.24) is 4.98 Å². The molecule has 1 heterocycles. The summed E-state index contributed by atoms with van der Waals surface area (Å²) in [6, 6.07) is 3.32. The molecule has 0 fully saturated rings. The standard InChI is InChI=1S/C8H10N2O2/c1-2-3-7-4-5-9-8(6-7)10(11)12/h4-6H,2-3H2,1H3. The minimum Gasteiger partial charge on any atom is -0.358 e. The van der Waals surface area contributed by atoms with Crippen molar-refractivity contribution >= 4 is 5.82 Å². The lowest BCUT2D eigenvalue weighted by Crippen LogP contribution is -1.93. The van der Waals surface area contributed by atoms with Crippen LogP contribution in [0.4, 0.5) is 5.82 Å². The Morgan fingerprint density at radius 3 is 3.00 bits per heavy atom. The molecule has 0 saturated carbocycles. The summed E-state index contributed by atoms with van der Waals surface area (Å²) >= 11 is 0. The fourth-order valence-electron chi connectivity index (χ4n) is 1.00. The number of rotatable bonds is 3. The Morgan fingerprint density at radius 1 is 1.67 bits per heavy atom. The smallest absolute Gasteiger partial charge is 0.358 e. The molecule has 0 aromatic carbocycles. The average molecular weight is 166 g/mol. The minimum absolute atomic E-state index is 0.0686. The van der Waals surface area contributed by atoms with Crippen molar-refractivity contribution in [3.8, 4) is 0 Å². The molecule has 4 nitrogen and oxygen atoms in total. The van der Waals surface area contributed by atoms with E-state index in [0.29, 0.717) is 0 Å². The highest BCUT2D eigenvalue weighted by atomic mass is 16.6. The van der Waals surface area contributed by atoms with Gasteiger partial charge in [-0.25, -0.2) is 0 Å². The van der Waals surface area contributed by atoms with E-state index in [1.165, 1.54) is 12.3 Å². The van der Waals surface area contributed by atoms with Gasteiger partial charge < -0.3 is 10.1 Å². The average Bonchev–Trinajstić information content (AvgIpc) is 2.05. The summed E-state index contributed by atoms with van der Waals surface area (Å²) in [4.78, 5) is 13.4. The number of hydrogen-bond acceptors (Lipinski definition) is 3. The van der Waals surface area contributed by atoms with E-state index in [1.807, 2.05) is 6.92 Å². The van der Waals surface area contributed by atoms with Crippen molar-refractivity contribution in [3.63, 3.8) is 0 Å². The summed E-state index contributed by atoms with van der Waals surface area (Å²) in [5.74, 6) is -0.0686. The van der Waals surface area contributed by atoms with Crippen LogP contribution in [0.15, 0.2) is 18.3 Å². The van der Waals surface area contributed by atoms with E-state index in [4.69, 9.17) is 0 Å². The Morgan fingerprint density at radius 2 is 2.42 bits per heavy atom. The van der Waals surface area contributed by atoms with Crippen molar-refractivity contribution in [2.45, 2.75) is 19.8 Å². The fourth-order valence-corrected chi connectivity index (χ4v) is 1.00. The first-order chi connectivity index (χ1) is 5.74. The van der Waals surface area contributed by atoms with Gasteiger partial charge in [0, 0.05) is 6.07 Å². The van der Waals surface area contributed by atoms with Crippen LogP contribution in [0.5, 0.6) is 0 Å². The van der Waals surface area contributed by atoms with Crippen molar-refractivity contribution in [3.05, 3.63) is 34.0 Å². The van der Waals surface area contributed by atoms with Crippen LogP contribution in [0, 0.1) is 10.1 Å². The van der Waals surface area contributed by atoms with E-state index in [0.717, 1.165) is 18.4 Å². The number of nitro groups is 1. The van der Waals surface area contributed by atoms with Crippen molar-refractivity contribution < 1.29 is 4.92 Å². The third kappa shape index (κ3) is 2.02. The molecule has 0 aliphatic rings. The summed E-state index contributed by atoms with van der Waals surface area (Å²) < 4.78 is 0. The van der Waals surface area contributed by atoms with Gasteiger partial charge in [-0.1, -0.05) is 13.3 Å². The summed E-state index contributed by atoms with van der Waals surface area (Å²) in [7, 11) is 0. The zero-order valence-electron chi connectivity index (χ0n) is 6.86. The fraction of sp³-hybridized carbons (Fsp3) is 0.375. The highest BCUT2D eigenvalue weighted by Gasteiger charge is 2.05. The van der Waals surface area contributed by atoms with Crippen molar-refractivity contribution in [2.24, 2.45) is 0 Å². The highest BCUT2D eigenvalue weighted by Crippen LogP contribution is 2.10. The van der Waals surface area contributed by atoms with E-state index < -0.39 is 4.92 Å². The third-order valence-corrected chi connectivity index (χ3v) is 1.54. The zero-order chi connectivity index (χ0) is 8.97. The summed E-state index contributed by atoms with van der Waals surface area (Å²) in [5.41, 5.74) is 0.971. The van der Waals surface area contributed by atoms with Crippen LogP contribution in [0.1, 0.15) is 18.9 Å². The van der Waals surface area contributed by atoms with Crippen LogP contribution in [0.25, 0.3) is 0 Å². The van der Waals surface area contributed by atoms with Crippen LogP contribution in [-0.2, 0) is 6.42 Å². The lowest BCUT2D eigenvalue weighted by Gasteiger charge is -1.95. The normalized spacial score (nSPS) is 9.75. The first-order valence-electron chi connectivity index (χ1n) is 3.83. The Kier molecular flexibility index (Phi) is 2.74. The first-order valence-corrected chi connectivity index (χ1v) is 3.83. The number of aromatic nitrogens is 1. The molecule has 4 heteroatoms. The number of aryl methyl sites for hydroxylation is 1. The van der Waals surface area contributed by atoms with Gasteiger partial charge in [-0.2, -0.15) is 0 Å². The number of pyridine rings is 1. The van der Waals surface area contributed by atoms with Gasteiger partial charge in [0.05, 0.1) is 0 Å². The molecule has 0 saturated heterocycles. The molecule has 0 aliphatic heterocycles. The predicted molar refractivity (Wildman–Crippen MR) is 44.9 cm³/mol. The van der Waals surface area contributed by atoms with Gasteiger partial charge >= 0.3 is 5.82 Å². The molecule has 0 amide bonds. The van der Waals surface area contributed by atoms with Crippen LogP contribution < -0.4 is 0 Å². The van der Waals surface area contributed by atoms with E-state index in [-0.39, 0.29) is 5.82 Å². The molecule has 0 bridgehead atoms. The van der Waals surface area contributed by atoms with Gasteiger partial charge in [0.25, 0.3) is 0 Å². The molecule has 12 heavy (non-hydrogen) atoms. The quantitative estimate of drug-likeness (QED) is 0.509. The molecule has 0 unspecified atom stereocenters. The monoisotopic (exact) mass is 166 g/mol. The highest BCUT2D eigenvalue weighted by molar-refractivity contribution is 5.25. The van der Waals surface area contributed by atoms with Crippen LogP contribution in [-0.4, -0.2) is 9.91 Å². The van der Waals surface area contributed by atoms with Crippen LogP contribution in [0.2, 0.25) is 0 Å². The van der Waals surface area contributed by atoms with E-state index in [2.05, 4.69) is 4.98 Å². The van der Waals surface area contributed by atoms with E-state index in [1.54, 1.807) is 6.07 Å². The summed E-state index contributed by atoms with van der Waals surface area (Å²) in [5, 5.41) is 10.3. The summed E-state index contributed by atoms with van der Waals surface area (Å²) in [6.45, 7) is 2.03. The van der Waals surface area contributed by atoms with Gasteiger partial charge in [0.15, 0.2) is 0 Å². The third-order valence-electron chi connectivity index (χ3n) is 1.54.